The zero-order valence-corrected chi connectivity index (χ0v) is 23.5. The van der Waals surface area contributed by atoms with Crippen LogP contribution < -0.4 is 16.0 Å². The second-order valence-electron chi connectivity index (χ2n) is 8.60. The van der Waals surface area contributed by atoms with Gasteiger partial charge in [0.2, 0.25) is 0 Å². The Labute approximate surface area is 235 Å². The summed E-state index contributed by atoms with van der Waals surface area (Å²) in [7, 11) is 1.59. The molecule has 0 radical (unpaired) electrons. The number of nitrogens with one attached hydrogen (secondary N) is 3. The maximum absolute atomic E-state index is 13.7. The summed E-state index contributed by atoms with van der Waals surface area (Å²) in [4.78, 5) is 0. The smallest absolute Gasteiger partial charge is 0.377 e. The molecule has 0 aliphatic carbocycles. The summed E-state index contributed by atoms with van der Waals surface area (Å²) in [5, 5.41) is 7.92. The lowest BCUT2D eigenvalue weighted by Crippen LogP contribution is -2.72. The molecule has 0 unspecified atom stereocenters. The van der Waals surface area contributed by atoms with E-state index in [1.165, 1.54) is 21.3 Å². The van der Waals surface area contributed by atoms with Crippen molar-refractivity contribution in [1.29, 1.82) is 0 Å². The number of hydrogen-bond donors (Lipinski definition) is 3. The fourth-order valence-electron chi connectivity index (χ4n) is 3.10. The Morgan fingerprint density at radius 3 is 1.35 bits per heavy atom. The molecular formula is C20H29F16N3O3Si. The largest absolute Gasteiger partial charge is 0.500 e. The maximum Gasteiger partial charge on any atom is 0.500 e. The number of alkyl halides is 15. The standard InChI is InChI=1S/C20H29F16N3O3Si/c1-40-43(41-2,42-3)12-4-6-37-8-10-39-11-9-38-7-5-13(21)14(22,23)15(24,25)16(26,27)17(28,29)18(30,31)19(32,33)20(34,35)36/h5,37-39H,4,6-12H2,1-3H3/b13-5-. The van der Waals surface area contributed by atoms with E-state index in [9.17, 15) is 70.2 Å². The van der Waals surface area contributed by atoms with Crippen LogP contribution in [0.4, 0.5) is 70.2 Å². The Balaban J connectivity index is 5.02. The average Bonchev–Trinajstić information content (AvgIpc) is 2.90. The monoisotopic (exact) mass is 691 g/mol. The maximum atomic E-state index is 13.7. The predicted octanol–water partition coefficient (Wildman–Crippen LogP) is 5.25. The number of rotatable bonds is 21. The van der Waals surface area contributed by atoms with Gasteiger partial charge in [-0.2, -0.15) is 65.9 Å². The molecule has 6 nitrogen and oxygen atoms in total. The molecule has 0 amide bonds. The summed E-state index contributed by atoms with van der Waals surface area (Å²) in [5.74, 6) is -51.8. The molecule has 258 valence electrons. The molecule has 0 aliphatic rings. The van der Waals surface area contributed by atoms with Crippen LogP contribution in [0.1, 0.15) is 6.42 Å². The van der Waals surface area contributed by atoms with Crippen molar-refractivity contribution in [1.82, 2.24) is 16.0 Å². The van der Waals surface area contributed by atoms with E-state index in [-0.39, 0.29) is 13.1 Å². The lowest BCUT2D eigenvalue weighted by atomic mass is 9.90. The molecule has 0 bridgehead atoms. The first-order valence-corrected chi connectivity index (χ1v) is 13.7. The van der Waals surface area contributed by atoms with E-state index in [0.29, 0.717) is 32.1 Å². The molecule has 0 fully saturated rings. The van der Waals surface area contributed by atoms with E-state index in [1.807, 2.05) is 0 Å². The Morgan fingerprint density at radius 1 is 0.558 bits per heavy atom. The second kappa shape index (κ2) is 15.3. The third kappa shape index (κ3) is 8.65. The summed E-state index contributed by atoms with van der Waals surface area (Å²) < 4.78 is 227. The predicted molar refractivity (Wildman–Crippen MR) is 120 cm³/mol. The lowest BCUT2D eigenvalue weighted by Gasteiger charge is -2.41. The van der Waals surface area contributed by atoms with Crippen LogP contribution in [0.5, 0.6) is 0 Å². The fourth-order valence-corrected chi connectivity index (χ4v) is 4.82. The van der Waals surface area contributed by atoms with Gasteiger partial charge >= 0.3 is 50.5 Å². The van der Waals surface area contributed by atoms with Gasteiger partial charge in [-0.15, -0.1) is 0 Å². The van der Waals surface area contributed by atoms with Crippen LogP contribution in [0.15, 0.2) is 11.9 Å². The van der Waals surface area contributed by atoms with E-state index >= 15 is 0 Å². The molecule has 0 aromatic heterocycles. The van der Waals surface area contributed by atoms with E-state index in [4.69, 9.17) is 13.3 Å². The van der Waals surface area contributed by atoms with E-state index in [1.54, 1.807) is 0 Å². The van der Waals surface area contributed by atoms with Crippen molar-refractivity contribution >= 4 is 8.80 Å². The first-order valence-electron chi connectivity index (χ1n) is 11.8. The fraction of sp³-hybridized carbons (Fsp3) is 0.900. The molecule has 3 N–H and O–H groups in total. The van der Waals surface area contributed by atoms with Crippen LogP contribution in [0, 0.1) is 0 Å². The minimum atomic E-state index is -8.46. The molecular weight excluding hydrogens is 662 g/mol. The second-order valence-corrected chi connectivity index (χ2v) is 11.7. The van der Waals surface area contributed by atoms with Gasteiger partial charge < -0.3 is 29.2 Å². The van der Waals surface area contributed by atoms with Crippen LogP contribution in [0.3, 0.4) is 0 Å². The highest BCUT2D eigenvalue weighted by Crippen LogP contribution is 2.63. The zero-order valence-electron chi connectivity index (χ0n) is 22.5. The SMILES string of the molecule is CO[Si](CCCNCCNCCNC/C=C(\F)C(F)(F)C(F)(F)C(F)(F)C(F)(F)C(F)(F)C(F)(F)C(F)(F)F)(OC)OC. The minimum absolute atomic E-state index is 0.0313. The highest BCUT2D eigenvalue weighted by Gasteiger charge is 2.93. The van der Waals surface area contributed by atoms with Crippen LogP contribution in [-0.4, -0.2) is 111 Å². The minimum Gasteiger partial charge on any atom is -0.377 e. The topological polar surface area (TPSA) is 63.8 Å². The van der Waals surface area contributed by atoms with Crippen molar-refractivity contribution in [3.8, 4) is 0 Å². The zero-order chi connectivity index (χ0) is 34.2. The molecule has 0 aromatic rings. The summed E-state index contributed by atoms with van der Waals surface area (Å²) >= 11 is 0. The van der Waals surface area contributed by atoms with Gasteiger partial charge in [-0.3, -0.25) is 0 Å². The van der Waals surface area contributed by atoms with Crippen LogP contribution >= 0.6 is 0 Å². The van der Waals surface area contributed by atoms with Crippen LogP contribution in [-0.2, 0) is 13.3 Å². The number of hydrogen-bond acceptors (Lipinski definition) is 6. The van der Waals surface area contributed by atoms with Gasteiger partial charge in [-0.05, 0) is 19.0 Å². The number of halogens is 16. The summed E-state index contributed by atoms with van der Waals surface area (Å²) in [6, 6.07) is 0.510. The third-order valence-electron chi connectivity index (χ3n) is 5.78. The first-order chi connectivity index (χ1) is 19.3. The third-order valence-corrected chi connectivity index (χ3v) is 8.61. The highest BCUT2D eigenvalue weighted by molar-refractivity contribution is 6.60. The van der Waals surface area contributed by atoms with Gasteiger partial charge in [0.1, 0.15) is 0 Å². The van der Waals surface area contributed by atoms with Gasteiger partial charge in [0.05, 0.1) is 0 Å². The molecule has 0 rings (SSSR count). The van der Waals surface area contributed by atoms with E-state index in [0.717, 1.165) is 0 Å². The molecule has 0 aliphatic heterocycles. The molecule has 0 heterocycles. The van der Waals surface area contributed by atoms with Crippen molar-refractivity contribution in [2.75, 3.05) is 60.6 Å². The van der Waals surface area contributed by atoms with Gasteiger partial charge in [-0.25, -0.2) is 4.39 Å². The first kappa shape index (κ1) is 41.6. The Kier molecular flexibility index (Phi) is 14.8. The normalized spacial score (nSPS) is 15.4. The summed E-state index contributed by atoms with van der Waals surface area (Å²) in [6.07, 6.45) is -7.66. The van der Waals surface area contributed by atoms with Crippen LogP contribution in [0.2, 0.25) is 6.04 Å². The molecule has 43 heavy (non-hydrogen) atoms. The quantitative estimate of drug-likeness (QED) is 0.0870. The molecule has 0 spiro atoms. The van der Waals surface area contributed by atoms with Crippen molar-refractivity contribution in [2.45, 2.75) is 54.2 Å². The Bertz CT molecular complexity index is 878. The molecule has 0 aromatic carbocycles. The van der Waals surface area contributed by atoms with Gasteiger partial charge in [0.25, 0.3) is 0 Å². The molecule has 23 heteroatoms. The molecule has 0 atom stereocenters. The van der Waals surface area contributed by atoms with Crippen molar-refractivity contribution in [2.24, 2.45) is 0 Å². The van der Waals surface area contributed by atoms with Gasteiger partial charge in [-0.1, -0.05) is 0 Å². The van der Waals surface area contributed by atoms with E-state index < -0.39 is 69.0 Å². The number of allylic oxidation sites excluding steroid dienone is 1. The average molecular weight is 692 g/mol. The van der Waals surface area contributed by atoms with Crippen molar-refractivity contribution in [3.05, 3.63) is 11.9 Å². The van der Waals surface area contributed by atoms with Gasteiger partial charge in [0, 0.05) is 60.1 Å². The van der Waals surface area contributed by atoms with Crippen LogP contribution in [0.25, 0.3) is 0 Å². The van der Waals surface area contributed by atoms with Gasteiger partial charge in [0.15, 0.2) is 5.83 Å². The van der Waals surface area contributed by atoms with Crippen molar-refractivity contribution in [3.63, 3.8) is 0 Å². The lowest BCUT2D eigenvalue weighted by molar-refractivity contribution is -0.450. The summed E-state index contributed by atoms with van der Waals surface area (Å²) in [5.41, 5.74) is 0. The summed E-state index contributed by atoms with van der Waals surface area (Å²) in [6.45, 7) is -0.0676. The van der Waals surface area contributed by atoms with Crippen molar-refractivity contribution < 1.29 is 83.5 Å². The van der Waals surface area contributed by atoms with E-state index in [2.05, 4.69) is 16.0 Å². The Morgan fingerprint density at radius 2 is 0.930 bits per heavy atom. The highest BCUT2D eigenvalue weighted by atomic mass is 28.4. The molecule has 0 saturated heterocycles. The molecule has 0 saturated carbocycles. The Hall–Kier alpha value is -1.40.